The van der Waals surface area contributed by atoms with Gasteiger partial charge in [0.05, 0.1) is 0 Å². The Morgan fingerprint density at radius 3 is 1.27 bits per heavy atom. The smallest absolute Gasteiger partial charge is 0.481 e. The molecule has 0 spiro atoms. The standard InChI is InChI=1S/C2H4O2.BF4.2Zn/c1-2(3)4;2-1(3,4)5;;/h1H3,(H,3,4);;;/q;-1;;+2. The normalized spacial score (nSPS) is 7.73. The fraction of sp³-hybridized carbons (Fsp3) is 0.500. The molecule has 0 atom stereocenters. The molecule has 0 bridgehead atoms. The van der Waals surface area contributed by atoms with E-state index < -0.39 is 13.2 Å². The molecule has 0 saturated carbocycles. The summed E-state index contributed by atoms with van der Waals surface area (Å²) in [5.41, 5.74) is 0. The molecule has 0 saturated heterocycles. The third-order valence-electron chi connectivity index (χ3n) is 0. The number of hydrogen-bond acceptors (Lipinski definition) is 1. The molecule has 0 aromatic carbocycles. The topological polar surface area (TPSA) is 37.3 Å². The molecule has 0 aromatic heterocycles. The Hall–Kier alpha value is 0.502. The van der Waals surface area contributed by atoms with Gasteiger partial charge in [-0.05, 0) is 0 Å². The number of carbonyl (C=O) groups is 1. The van der Waals surface area contributed by atoms with Crippen molar-refractivity contribution in [1.29, 1.82) is 0 Å². The van der Waals surface area contributed by atoms with Gasteiger partial charge in [-0.15, -0.1) is 0 Å². The van der Waals surface area contributed by atoms with Crippen molar-refractivity contribution in [2.75, 3.05) is 0 Å². The molecule has 0 radical (unpaired) electrons. The van der Waals surface area contributed by atoms with E-state index in [4.69, 9.17) is 9.90 Å². The first-order valence-electron chi connectivity index (χ1n) is 1.80. The van der Waals surface area contributed by atoms with Crippen molar-refractivity contribution in [2.45, 2.75) is 6.92 Å². The summed E-state index contributed by atoms with van der Waals surface area (Å²) in [7, 11) is -6.00. The zero-order valence-corrected chi connectivity index (χ0v) is 11.8. The molecular formula is C2H4BF4O2Zn2+. The summed E-state index contributed by atoms with van der Waals surface area (Å²) in [6.07, 6.45) is 0. The number of carboxylic acids is 1. The van der Waals surface area contributed by atoms with E-state index in [2.05, 4.69) is 0 Å². The number of hydrogen-bond donors (Lipinski definition) is 1. The van der Waals surface area contributed by atoms with Crippen molar-refractivity contribution >= 4 is 13.2 Å². The van der Waals surface area contributed by atoms with Crippen LogP contribution >= 0.6 is 0 Å². The first kappa shape index (κ1) is 22.5. The predicted molar refractivity (Wildman–Crippen MR) is 23.5 cm³/mol. The molecule has 9 heteroatoms. The Morgan fingerprint density at radius 2 is 1.27 bits per heavy atom. The van der Waals surface area contributed by atoms with Gasteiger partial charge in [-0.25, -0.2) is 0 Å². The third kappa shape index (κ3) is 3020. The first-order chi connectivity index (χ1) is 3.73. The molecule has 0 heterocycles. The second kappa shape index (κ2) is 10.5. The van der Waals surface area contributed by atoms with E-state index in [1.807, 2.05) is 0 Å². The van der Waals surface area contributed by atoms with Crippen LogP contribution in [0.25, 0.3) is 0 Å². The van der Waals surface area contributed by atoms with E-state index in [0.717, 1.165) is 6.92 Å². The Balaban J connectivity index is -0.0000000383. The number of carboxylic acid groups (broad SMARTS) is 1. The SMILES string of the molecule is CC(=O)O.F[B-](F)(F)F.[Zn+2].[Zn]. The zero-order chi connectivity index (χ0) is 8.08. The molecule has 0 aliphatic rings. The molecule has 0 unspecified atom stereocenters. The zero-order valence-electron chi connectivity index (χ0n) is 5.86. The van der Waals surface area contributed by atoms with Crippen molar-refractivity contribution in [3.63, 3.8) is 0 Å². The summed E-state index contributed by atoms with van der Waals surface area (Å²) in [5.74, 6) is -0.833. The second-order valence-corrected chi connectivity index (χ2v) is 1.01. The summed E-state index contributed by atoms with van der Waals surface area (Å²) >= 11 is 0. The first-order valence-corrected chi connectivity index (χ1v) is 1.80. The van der Waals surface area contributed by atoms with Gasteiger partial charge in [0.1, 0.15) is 0 Å². The molecule has 2 nitrogen and oxygen atoms in total. The van der Waals surface area contributed by atoms with Crippen molar-refractivity contribution < 1.29 is 66.1 Å². The summed E-state index contributed by atoms with van der Waals surface area (Å²) in [6, 6.07) is 0. The van der Waals surface area contributed by atoms with Gasteiger partial charge in [0.25, 0.3) is 5.97 Å². The molecule has 0 aliphatic carbocycles. The van der Waals surface area contributed by atoms with Gasteiger partial charge in [-0.2, -0.15) is 0 Å². The summed E-state index contributed by atoms with van der Waals surface area (Å²) < 4.78 is 39.0. The molecule has 0 rings (SSSR count). The minimum absolute atomic E-state index is 0. The van der Waals surface area contributed by atoms with Crippen LogP contribution in [0.15, 0.2) is 0 Å². The summed E-state index contributed by atoms with van der Waals surface area (Å²) in [6.45, 7) is 1.08. The minimum atomic E-state index is -6.00. The fourth-order valence-electron chi connectivity index (χ4n) is 0. The summed E-state index contributed by atoms with van der Waals surface area (Å²) in [5, 5.41) is 7.42. The van der Waals surface area contributed by atoms with Crippen molar-refractivity contribution in [2.24, 2.45) is 0 Å². The van der Waals surface area contributed by atoms with E-state index in [-0.39, 0.29) is 39.0 Å². The monoisotopic (exact) mass is 275 g/mol. The van der Waals surface area contributed by atoms with Crippen molar-refractivity contribution in [3.05, 3.63) is 0 Å². The second-order valence-electron chi connectivity index (χ2n) is 1.01. The fourth-order valence-corrected chi connectivity index (χ4v) is 0. The minimum Gasteiger partial charge on any atom is -0.481 e. The Morgan fingerprint density at radius 1 is 1.27 bits per heavy atom. The van der Waals surface area contributed by atoms with E-state index in [0.29, 0.717) is 0 Å². The van der Waals surface area contributed by atoms with Crippen molar-refractivity contribution in [3.8, 4) is 0 Å². The maximum absolute atomic E-state index is 9.75. The van der Waals surface area contributed by atoms with Crippen LogP contribution in [0.2, 0.25) is 0 Å². The largest absolute Gasteiger partial charge is 2.00 e. The van der Waals surface area contributed by atoms with Crippen LogP contribution in [0.1, 0.15) is 6.92 Å². The Kier molecular flexibility index (Phi) is 21.5. The van der Waals surface area contributed by atoms with Crippen LogP contribution in [-0.4, -0.2) is 18.3 Å². The van der Waals surface area contributed by atoms with E-state index in [1.165, 1.54) is 0 Å². The van der Waals surface area contributed by atoms with Gasteiger partial charge in [-0.1, -0.05) is 0 Å². The van der Waals surface area contributed by atoms with Crippen LogP contribution in [-0.2, 0) is 43.8 Å². The predicted octanol–water partition coefficient (Wildman–Crippen LogP) is 1.39. The van der Waals surface area contributed by atoms with E-state index in [1.54, 1.807) is 0 Å². The Bertz CT molecular complexity index is 86.6. The van der Waals surface area contributed by atoms with Gasteiger partial charge < -0.3 is 22.4 Å². The maximum atomic E-state index is 9.75. The molecule has 0 aliphatic heterocycles. The van der Waals surface area contributed by atoms with Crippen LogP contribution in [0.3, 0.4) is 0 Å². The van der Waals surface area contributed by atoms with Crippen LogP contribution < -0.4 is 0 Å². The average molecular weight is 278 g/mol. The molecule has 58 valence electrons. The van der Waals surface area contributed by atoms with Gasteiger partial charge in [-0.3, -0.25) is 4.79 Å². The van der Waals surface area contributed by atoms with Gasteiger partial charge in [0.15, 0.2) is 0 Å². The van der Waals surface area contributed by atoms with Crippen molar-refractivity contribution in [1.82, 2.24) is 0 Å². The van der Waals surface area contributed by atoms with Gasteiger partial charge in [0, 0.05) is 26.4 Å². The molecule has 11 heavy (non-hydrogen) atoms. The van der Waals surface area contributed by atoms with Crippen LogP contribution in [0, 0.1) is 0 Å². The molecular weight excluding hydrogens is 274 g/mol. The molecule has 0 aromatic rings. The van der Waals surface area contributed by atoms with Crippen LogP contribution in [0.5, 0.6) is 0 Å². The number of halogens is 4. The van der Waals surface area contributed by atoms with Gasteiger partial charge in [0.2, 0.25) is 0 Å². The summed E-state index contributed by atoms with van der Waals surface area (Å²) in [4.78, 5) is 9.00. The molecule has 0 amide bonds. The quantitative estimate of drug-likeness (QED) is 0.537. The van der Waals surface area contributed by atoms with E-state index >= 15 is 0 Å². The maximum Gasteiger partial charge on any atom is 2.00 e. The molecule has 1 N–H and O–H groups in total. The number of aliphatic carboxylic acids is 1. The molecule has 0 fully saturated rings. The Labute approximate surface area is 86.3 Å². The average Bonchev–Trinajstić information content (AvgIpc) is 1.19. The third-order valence-corrected chi connectivity index (χ3v) is 0. The number of rotatable bonds is 0. The van der Waals surface area contributed by atoms with Gasteiger partial charge >= 0.3 is 26.7 Å². The van der Waals surface area contributed by atoms with Crippen LogP contribution in [0.4, 0.5) is 17.3 Å². The van der Waals surface area contributed by atoms with E-state index in [9.17, 15) is 17.3 Å².